The Hall–Kier alpha value is -4.21. The molecule has 0 bridgehead atoms. The maximum Gasteiger partial charge on any atom is 0.413 e. The quantitative estimate of drug-likeness (QED) is 0.532. The van der Waals surface area contributed by atoms with Crippen molar-refractivity contribution in [1.29, 1.82) is 0 Å². The molecule has 0 aliphatic rings. The second-order valence-corrected chi connectivity index (χ2v) is 6.31. The Morgan fingerprint density at radius 2 is 1.97 bits per heavy atom. The van der Waals surface area contributed by atoms with E-state index in [1.807, 2.05) is 0 Å². The summed E-state index contributed by atoms with van der Waals surface area (Å²) in [6.45, 7) is 0.224. The molecule has 0 aliphatic carbocycles. The van der Waals surface area contributed by atoms with Crippen LogP contribution < -0.4 is 15.6 Å². The number of carbonyl (C=O) groups is 1. The molecule has 4 rings (SSSR count). The van der Waals surface area contributed by atoms with E-state index in [1.165, 1.54) is 17.0 Å². The Kier molecular flexibility index (Phi) is 5.37. The monoisotopic (exact) mass is 403 g/mol. The molecular weight excluding hydrogens is 386 g/mol. The molecule has 0 atom stereocenters. The first-order valence-electron chi connectivity index (χ1n) is 9.11. The summed E-state index contributed by atoms with van der Waals surface area (Å²) in [5, 5.41) is 2.64. The molecule has 150 valence electrons. The van der Waals surface area contributed by atoms with Crippen LogP contribution in [0.1, 0.15) is 5.82 Å². The van der Waals surface area contributed by atoms with Crippen LogP contribution in [0.5, 0.6) is 5.88 Å². The first-order chi connectivity index (χ1) is 14.6. The molecule has 10 heteroatoms. The Morgan fingerprint density at radius 1 is 1.07 bits per heavy atom. The second-order valence-electron chi connectivity index (χ2n) is 6.31. The van der Waals surface area contributed by atoms with E-state index in [9.17, 15) is 9.59 Å². The van der Waals surface area contributed by atoms with Crippen LogP contribution >= 0.6 is 0 Å². The Morgan fingerprint density at radius 3 is 2.80 bits per heavy atom. The standard InChI is InChI=1S/C20H17N7O3/c1-27-17(25-16(11-19(27)28)14-6-9-21-12-24-14)7-10-23-20(29)30-18-5-4-13-15(26-18)3-2-8-22-13/h2-6,8-9,11-12H,7,10H2,1H3,(H,23,29). The van der Waals surface area contributed by atoms with Crippen molar-refractivity contribution in [3.63, 3.8) is 0 Å². The normalized spacial score (nSPS) is 10.7. The number of amides is 1. The number of hydrogen-bond donors (Lipinski definition) is 1. The van der Waals surface area contributed by atoms with Crippen LogP contribution in [-0.2, 0) is 13.5 Å². The van der Waals surface area contributed by atoms with E-state index < -0.39 is 6.09 Å². The van der Waals surface area contributed by atoms with Crippen LogP contribution in [0.2, 0.25) is 0 Å². The average Bonchev–Trinajstić information content (AvgIpc) is 2.77. The Bertz CT molecular complexity index is 1260. The van der Waals surface area contributed by atoms with Gasteiger partial charge in [-0.1, -0.05) is 0 Å². The number of fused-ring (bicyclic) bond motifs is 1. The van der Waals surface area contributed by atoms with E-state index in [0.29, 0.717) is 34.7 Å². The first kappa shape index (κ1) is 19.1. The van der Waals surface area contributed by atoms with Crippen molar-refractivity contribution < 1.29 is 9.53 Å². The highest BCUT2D eigenvalue weighted by Crippen LogP contribution is 2.14. The Labute approximate surface area is 170 Å². The van der Waals surface area contributed by atoms with Crippen molar-refractivity contribution in [3.8, 4) is 17.3 Å². The predicted molar refractivity (Wildman–Crippen MR) is 108 cm³/mol. The van der Waals surface area contributed by atoms with Crippen LogP contribution in [0.4, 0.5) is 4.79 Å². The van der Waals surface area contributed by atoms with Gasteiger partial charge < -0.3 is 10.1 Å². The fourth-order valence-corrected chi connectivity index (χ4v) is 2.79. The highest BCUT2D eigenvalue weighted by Gasteiger charge is 2.10. The molecule has 4 heterocycles. The molecule has 0 aliphatic heterocycles. The number of nitrogens with zero attached hydrogens (tertiary/aromatic N) is 6. The van der Waals surface area contributed by atoms with Crippen molar-refractivity contribution in [1.82, 2.24) is 34.8 Å². The van der Waals surface area contributed by atoms with Gasteiger partial charge in [0.1, 0.15) is 12.2 Å². The van der Waals surface area contributed by atoms with Gasteiger partial charge in [0, 0.05) is 44.5 Å². The molecule has 0 radical (unpaired) electrons. The van der Waals surface area contributed by atoms with Crippen molar-refractivity contribution in [2.75, 3.05) is 6.54 Å². The minimum Gasteiger partial charge on any atom is -0.391 e. The van der Waals surface area contributed by atoms with Crippen molar-refractivity contribution in [3.05, 3.63) is 71.3 Å². The van der Waals surface area contributed by atoms with Crippen LogP contribution in [0.25, 0.3) is 22.4 Å². The topological polar surface area (TPSA) is 125 Å². The number of ether oxygens (including phenoxy) is 1. The summed E-state index contributed by atoms with van der Waals surface area (Å²) in [6.07, 6.45) is 4.31. The van der Waals surface area contributed by atoms with Crippen molar-refractivity contribution >= 4 is 17.1 Å². The summed E-state index contributed by atoms with van der Waals surface area (Å²) >= 11 is 0. The van der Waals surface area contributed by atoms with Crippen molar-refractivity contribution in [2.45, 2.75) is 6.42 Å². The van der Waals surface area contributed by atoms with E-state index in [4.69, 9.17) is 4.74 Å². The fraction of sp³-hybridized carbons (Fsp3) is 0.150. The first-order valence-corrected chi connectivity index (χ1v) is 9.11. The predicted octanol–water partition coefficient (Wildman–Crippen LogP) is 1.51. The molecule has 1 N–H and O–H groups in total. The molecule has 0 fully saturated rings. The van der Waals surface area contributed by atoms with Gasteiger partial charge in [-0.25, -0.2) is 24.7 Å². The zero-order chi connectivity index (χ0) is 20.9. The minimum absolute atomic E-state index is 0.171. The lowest BCUT2D eigenvalue weighted by molar-refractivity contribution is 0.199. The molecule has 4 aromatic heterocycles. The third-order valence-electron chi connectivity index (χ3n) is 4.32. The molecule has 4 aromatic rings. The number of nitrogens with one attached hydrogen (secondary N) is 1. The highest BCUT2D eigenvalue weighted by atomic mass is 16.6. The number of hydrogen-bond acceptors (Lipinski definition) is 8. The summed E-state index contributed by atoms with van der Waals surface area (Å²) in [4.78, 5) is 45.2. The molecular formula is C20H17N7O3. The van der Waals surface area contributed by atoms with Crippen molar-refractivity contribution in [2.24, 2.45) is 7.05 Å². The fourth-order valence-electron chi connectivity index (χ4n) is 2.79. The summed E-state index contributed by atoms with van der Waals surface area (Å²) in [5.74, 6) is 0.676. The number of pyridine rings is 2. The van der Waals surface area contributed by atoms with Gasteiger partial charge >= 0.3 is 6.09 Å². The van der Waals surface area contributed by atoms with E-state index >= 15 is 0 Å². The number of carbonyl (C=O) groups excluding carboxylic acids is 1. The lowest BCUT2D eigenvalue weighted by Crippen LogP contribution is -2.31. The highest BCUT2D eigenvalue weighted by molar-refractivity contribution is 5.75. The maximum atomic E-state index is 12.2. The number of aromatic nitrogens is 6. The van der Waals surface area contributed by atoms with Crippen LogP contribution in [-0.4, -0.2) is 42.1 Å². The SMILES string of the molecule is Cn1c(CCNC(=O)Oc2ccc3ncccc3n2)nc(-c2ccncn2)cc1=O. The zero-order valence-corrected chi connectivity index (χ0v) is 16.0. The summed E-state index contributed by atoms with van der Waals surface area (Å²) in [5.41, 5.74) is 2.12. The molecule has 0 spiro atoms. The second kappa shape index (κ2) is 8.43. The molecule has 0 saturated carbocycles. The lowest BCUT2D eigenvalue weighted by atomic mass is 10.2. The molecule has 10 nitrogen and oxygen atoms in total. The van der Waals surface area contributed by atoms with E-state index in [0.717, 1.165) is 0 Å². The molecule has 0 unspecified atom stereocenters. The zero-order valence-electron chi connectivity index (χ0n) is 16.0. The minimum atomic E-state index is -0.650. The van der Waals surface area contributed by atoms with Gasteiger partial charge in [0.2, 0.25) is 5.88 Å². The smallest absolute Gasteiger partial charge is 0.391 e. The molecule has 30 heavy (non-hydrogen) atoms. The third kappa shape index (κ3) is 4.27. The number of rotatable bonds is 5. The van der Waals surface area contributed by atoms with Crippen LogP contribution in [0.3, 0.4) is 0 Å². The van der Waals surface area contributed by atoms with Crippen LogP contribution in [0, 0.1) is 0 Å². The van der Waals surface area contributed by atoms with E-state index in [-0.39, 0.29) is 18.0 Å². The van der Waals surface area contributed by atoms with E-state index in [1.54, 1.807) is 49.8 Å². The van der Waals surface area contributed by atoms with Gasteiger partial charge in [-0.05, 0) is 24.3 Å². The summed E-state index contributed by atoms with van der Waals surface area (Å²) in [6, 6.07) is 9.92. The molecule has 1 amide bonds. The van der Waals surface area contributed by atoms with Gasteiger partial charge in [0.05, 0.1) is 22.4 Å². The lowest BCUT2D eigenvalue weighted by Gasteiger charge is -2.10. The van der Waals surface area contributed by atoms with Gasteiger partial charge in [0.25, 0.3) is 5.56 Å². The van der Waals surface area contributed by atoms with E-state index in [2.05, 4.69) is 30.2 Å². The van der Waals surface area contributed by atoms with Gasteiger partial charge in [0.15, 0.2) is 0 Å². The Balaban J connectivity index is 1.40. The summed E-state index contributed by atoms with van der Waals surface area (Å²) in [7, 11) is 1.62. The van der Waals surface area contributed by atoms with Gasteiger partial charge in [-0.3, -0.25) is 14.3 Å². The molecule has 0 aromatic carbocycles. The van der Waals surface area contributed by atoms with Gasteiger partial charge in [-0.2, -0.15) is 0 Å². The average molecular weight is 403 g/mol. The molecule has 0 saturated heterocycles. The third-order valence-corrected chi connectivity index (χ3v) is 4.32. The summed E-state index contributed by atoms with van der Waals surface area (Å²) < 4.78 is 6.64. The van der Waals surface area contributed by atoms with Crippen LogP contribution in [0.15, 0.2) is 59.9 Å². The maximum absolute atomic E-state index is 12.2. The van der Waals surface area contributed by atoms with Gasteiger partial charge in [-0.15, -0.1) is 0 Å². The largest absolute Gasteiger partial charge is 0.413 e.